The highest BCUT2D eigenvalue weighted by Gasteiger charge is 2.38. The van der Waals surface area contributed by atoms with Crippen LogP contribution in [0.2, 0.25) is 5.02 Å². The summed E-state index contributed by atoms with van der Waals surface area (Å²) in [5.74, 6) is -1.04. The predicted octanol–water partition coefficient (Wildman–Crippen LogP) is 2.18. The number of hydrogen-bond acceptors (Lipinski definition) is 4. The summed E-state index contributed by atoms with van der Waals surface area (Å²) >= 11 is 11.4. The maximum Gasteiger partial charge on any atom is 0.317 e. The molecule has 0 spiro atoms. The van der Waals surface area contributed by atoms with Gasteiger partial charge in [0.15, 0.2) is 5.11 Å². The average Bonchev–Trinajstić information content (AvgIpc) is 2.47. The van der Waals surface area contributed by atoms with Crippen LogP contribution in [-0.4, -0.2) is 31.4 Å². The van der Waals surface area contributed by atoms with E-state index in [1.165, 1.54) is 0 Å². The SMILES string of the molecule is C=C1NC(=S)N[C@H](c2ccccc2Cl)[C@H]1C(=O)OCCOC. The maximum absolute atomic E-state index is 12.4. The summed E-state index contributed by atoms with van der Waals surface area (Å²) in [6, 6.07) is 6.86. The number of rotatable bonds is 5. The van der Waals surface area contributed by atoms with E-state index in [-0.39, 0.29) is 6.61 Å². The molecule has 1 aliphatic heterocycles. The number of carbonyl (C=O) groups is 1. The zero-order chi connectivity index (χ0) is 16.1. The van der Waals surface area contributed by atoms with Crippen molar-refractivity contribution in [1.29, 1.82) is 0 Å². The van der Waals surface area contributed by atoms with Gasteiger partial charge in [0, 0.05) is 17.8 Å². The van der Waals surface area contributed by atoms with Crippen molar-refractivity contribution < 1.29 is 14.3 Å². The molecule has 7 heteroatoms. The normalized spacial score (nSPS) is 21.0. The Bertz CT molecular complexity index is 594. The molecule has 22 heavy (non-hydrogen) atoms. The van der Waals surface area contributed by atoms with Gasteiger partial charge in [-0.1, -0.05) is 36.4 Å². The van der Waals surface area contributed by atoms with Gasteiger partial charge >= 0.3 is 5.97 Å². The van der Waals surface area contributed by atoms with Crippen molar-refractivity contribution in [2.24, 2.45) is 5.92 Å². The van der Waals surface area contributed by atoms with Crippen LogP contribution in [0.3, 0.4) is 0 Å². The number of esters is 1. The summed E-state index contributed by atoms with van der Waals surface area (Å²) < 4.78 is 10.1. The minimum atomic E-state index is -0.636. The molecule has 0 aliphatic carbocycles. The lowest BCUT2D eigenvalue weighted by Crippen LogP contribution is -2.51. The van der Waals surface area contributed by atoms with E-state index in [1.807, 2.05) is 18.2 Å². The fraction of sp³-hybridized carbons (Fsp3) is 0.333. The topological polar surface area (TPSA) is 59.6 Å². The molecule has 0 bridgehead atoms. The van der Waals surface area contributed by atoms with Crippen molar-refractivity contribution in [3.05, 3.63) is 47.1 Å². The van der Waals surface area contributed by atoms with Crippen LogP contribution in [0.15, 0.2) is 36.5 Å². The smallest absolute Gasteiger partial charge is 0.317 e. The summed E-state index contributed by atoms with van der Waals surface area (Å²) in [5, 5.41) is 6.89. The predicted molar refractivity (Wildman–Crippen MR) is 88.5 cm³/mol. The second kappa shape index (κ2) is 7.58. The molecular formula is C15H17ClN2O3S. The van der Waals surface area contributed by atoms with Crippen molar-refractivity contribution in [3.8, 4) is 0 Å². The molecule has 5 nitrogen and oxygen atoms in total. The highest BCUT2D eigenvalue weighted by molar-refractivity contribution is 7.80. The van der Waals surface area contributed by atoms with Gasteiger partial charge in [-0.25, -0.2) is 0 Å². The summed E-state index contributed by atoms with van der Waals surface area (Å²) in [4.78, 5) is 12.4. The van der Waals surface area contributed by atoms with E-state index in [9.17, 15) is 4.79 Å². The van der Waals surface area contributed by atoms with E-state index in [0.29, 0.717) is 22.4 Å². The Morgan fingerprint density at radius 2 is 2.14 bits per heavy atom. The Balaban J connectivity index is 2.26. The molecule has 0 saturated carbocycles. The van der Waals surface area contributed by atoms with E-state index in [4.69, 9.17) is 33.3 Å². The second-order valence-corrected chi connectivity index (χ2v) is 5.58. The number of halogens is 1. The molecule has 2 N–H and O–H groups in total. The fourth-order valence-electron chi connectivity index (χ4n) is 2.26. The van der Waals surface area contributed by atoms with E-state index in [0.717, 1.165) is 5.56 Å². The second-order valence-electron chi connectivity index (χ2n) is 4.76. The summed E-state index contributed by atoms with van der Waals surface area (Å²) in [7, 11) is 1.54. The van der Waals surface area contributed by atoms with Gasteiger partial charge in [-0.3, -0.25) is 4.79 Å². The summed E-state index contributed by atoms with van der Waals surface area (Å²) in [5.41, 5.74) is 1.25. The molecule has 0 aromatic heterocycles. The third-order valence-electron chi connectivity index (χ3n) is 3.30. The third kappa shape index (κ3) is 3.76. The minimum Gasteiger partial charge on any atom is -0.463 e. The van der Waals surface area contributed by atoms with Crippen molar-refractivity contribution in [2.75, 3.05) is 20.3 Å². The molecule has 0 radical (unpaired) electrons. The van der Waals surface area contributed by atoms with Gasteiger partial charge in [-0.05, 0) is 23.8 Å². The lowest BCUT2D eigenvalue weighted by atomic mass is 9.89. The Hall–Kier alpha value is -1.63. The fourth-order valence-corrected chi connectivity index (χ4v) is 2.78. The number of carbonyl (C=O) groups excluding carboxylic acids is 1. The molecule has 118 valence electrons. The molecule has 1 aromatic carbocycles. The van der Waals surface area contributed by atoms with Crippen LogP contribution >= 0.6 is 23.8 Å². The zero-order valence-electron chi connectivity index (χ0n) is 12.1. The van der Waals surface area contributed by atoms with Crippen LogP contribution in [-0.2, 0) is 14.3 Å². The highest BCUT2D eigenvalue weighted by Crippen LogP contribution is 2.34. The summed E-state index contributed by atoms with van der Waals surface area (Å²) in [6.07, 6.45) is 0. The molecular weight excluding hydrogens is 324 g/mol. The molecule has 1 fully saturated rings. The number of nitrogens with one attached hydrogen (secondary N) is 2. The first-order valence-electron chi connectivity index (χ1n) is 6.71. The lowest BCUT2D eigenvalue weighted by molar-refractivity contribution is -0.149. The van der Waals surface area contributed by atoms with Gasteiger partial charge in [0.1, 0.15) is 12.5 Å². The van der Waals surface area contributed by atoms with Gasteiger partial charge in [0.05, 0.1) is 12.6 Å². The largest absolute Gasteiger partial charge is 0.463 e. The number of methoxy groups -OCH3 is 1. The number of ether oxygens (including phenoxy) is 2. The number of hydrogen-bond donors (Lipinski definition) is 2. The molecule has 1 heterocycles. The first-order chi connectivity index (χ1) is 10.5. The number of benzene rings is 1. The van der Waals surface area contributed by atoms with E-state index in [1.54, 1.807) is 13.2 Å². The molecule has 1 aliphatic rings. The van der Waals surface area contributed by atoms with Gasteiger partial charge in [-0.2, -0.15) is 0 Å². The molecule has 1 aromatic rings. The lowest BCUT2D eigenvalue weighted by Gasteiger charge is -2.35. The van der Waals surface area contributed by atoms with Crippen LogP contribution in [0, 0.1) is 5.92 Å². The Kier molecular flexibility index (Phi) is 5.76. The zero-order valence-corrected chi connectivity index (χ0v) is 13.7. The van der Waals surface area contributed by atoms with Gasteiger partial charge in [-0.15, -0.1) is 0 Å². The molecule has 1 saturated heterocycles. The van der Waals surface area contributed by atoms with Crippen molar-refractivity contribution in [3.63, 3.8) is 0 Å². The van der Waals surface area contributed by atoms with Crippen LogP contribution in [0.4, 0.5) is 0 Å². The van der Waals surface area contributed by atoms with Crippen molar-refractivity contribution in [1.82, 2.24) is 10.6 Å². The molecule has 2 rings (SSSR count). The molecule has 0 unspecified atom stereocenters. The van der Waals surface area contributed by atoms with Gasteiger partial charge in [0.2, 0.25) is 0 Å². The third-order valence-corrected chi connectivity index (χ3v) is 3.86. The van der Waals surface area contributed by atoms with E-state index >= 15 is 0 Å². The minimum absolute atomic E-state index is 0.179. The standard InChI is InChI=1S/C15H17ClN2O3S/c1-9-12(14(19)21-8-7-20-2)13(18-15(22)17-9)10-5-3-4-6-11(10)16/h3-6,12-13H,1,7-8H2,2H3,(H2,17,18,22)/t12-,13+/m0/s1. The Morgan fingerprint density at radius 1 is 1.41 bits per heavy atom. The average molecular weight is 341 g/mol. The van der Waals surface area contributed by atoms with Gasteiger partial charge in [0.25, 0.3) is 0 Å². The summed E-state index contributed by atoms with van der Waals surface area (Å²) in [6.45, 7) is 4.40. The van der Waals surface area contributed by atoms with Crippen molar-refractivity contribution >= 4 is 34.9 Å². The van der Waals surface area contributed by atoms with Crippen molar-refractivity contribution in [2.45, 2.75) is 6.04 Å². The van der Waals surface area contributed by atoms with Crippen LogP contribution in [0.5, 0.6) is 0 Å². The molecule has 2 atom stereocenters. The van der Waals surface area contributed by atoms with Gasteiger partial charge < -0.3 is 20.1 Å². The van der Waals surface area contributed by atoms with Crippen LogP contribution in [0.25, 0.3) is 0 Å². The van der Waals surface area contributed by atoms with Crippen LogP contribution in [0.1, 0.15) is 11.6 Å². The Morgan fingerprint density at radius 3 is 2.82 bits per heavy atom. The monoisotopic (exact) mass is 340 g/mol. The molecule has 0 amide bonds. The Labute approximate surface area is 139 Å². The first-order valence-corrected chi connectivity index (χ1v) is 7.49. The van der Waals surface area contributed by atoms with E-state index < -0.39 is 17.9 Å². The highest BCUT2D eigenvalue weighted by atomic mass is 35.5. The van der Waals surface area contributed by atoms with Crippen LogP contribution < -0.4 is 10.6 Å². The van der Waals surface area contributed by atoms with E-state index in [2.05, 4.69) is 17.2 Å². The maximum atomic E-state index is 12.4. The number of thiocarbonyl (C=S) groups is 1. The first kappa shape index (κ1) is 16.7. The quantitative estimate of drug-likeness (QED) is 0.487.